The second-order valence-electron chi connectivity index (χ2n) is 7.69. The number of hydrogen-bond donors (Lipinski definition) is 2. The third-order valence-electron chi connectivity index (χ3n) is 5.74. The van der Waals surface area contributed by atoms with Crippen molar-refractivity contribution in [2.45, 2.75) is 31.7 Å². The molecular formula is C23H24N2O3. The third-order valence-corrected chi connectivity index (χ3v) is 5.74. The molecule has 1 amide bonds. The number of hydrogen-bond acceptors (Lipinski definition) is 3. The molecule has 1 saturated carbocycles. The number of ether oxygens (including phenoxy) is 2. The van der Waals surface area contributed by atoms with Crippen molar-refractivity contribution in [3.8, 4) is 11.5 Å². The first-order chi connectivity index (χ1) is 13.8. The molecule has 0 saturated heterocycles. The molecule has 1 unspecified atom stereocenters. The molecule has 1 fully saturated rings. The van der Waals surface area contributed by atoms with Gasteiger partial charge in [0.1, 0.15) is 13.2 Å². The highest BCUT2D eigenvalue weighted by Crippen LogP contribution is 2.46. The van der Waals surface area contributed by atoms with E-state index in [1.165, 1.54) is 18.4 Å². The Hall–Kier alpha value is -2.95. The molecule has 28 heavy (non-hydrogen) atoms. The standard InChI is InChI=1S/C23H24N2O3/c26-23(25-14-17-13-24-20-4-2-1-3-18(17)20)12-19(15-5-6-15)16-7-8-21-22(11-16)28-10-9-27-21/h1-4,7-8,11,13,15,19,24H,5-6,9-10,12,14H2,(H,25,26). The van der Waals surface area contributed by atoms with E-state index in [4.69, 9.17) is 9.47 Å². The molecule has 0 spiro atoms. The molecule has 2 aliphatic rings. The molecule has 0 radical (unpaired) electrons. The Morgan fingerprint density at radius 1 is 1.11 bits per heavy atom. The lowest BCUT2D eigenvalue weighted by Crippen LogP contribution is -2.25. The number of amides is 1. The number of rotatable bonds is 6. The van der Waals surface area contributed by atoms with Crippen LogP contribution in [0.3, 0.4) is 0 Å². The monoisotopic (exact) mass is 376 g/mol. The Morgan fingerprint density at radius 2 is 1.93 bits per heavy atom. The van der Waals surface area contributed by atoms with Gasteiger partial charge in [-0.3, -0.25) is 4.79 Å². The maximum absolute atomic E-state index is 12.7. The van der Waals surface area contributed by atoms with E-state index in [-0.39, 0.29) is 11.8 Å². The number of fused-ring (bicyclic) bond motifs is 2. The van der Waals surface area contributed by atoms with Crippen molar-refractivity contribution >= 4 is 16.8 Å². The van der Waals surface area contributed by atoms with Crippen LogP contribution in [-0.2, 0) is 11.3 Å². The summed E-state index contributed by atoms with van der Waals surface area (Å²) in [6.07, 6.45) is 4.86. The third kappa shape index (κ3) is 3.44. The zero-order chi connectivity index (χ0) is 18.9. The molecule has 0 bridgehead atoms. The van der Waals surface area contributed by atoms with Crippen LogP contribution < -0.4 is 14.8 Å². The predicted molar refractivity (Wildman–Crippen MR) is 108 cm³/mol. The number of para-hydroxylation sites is 1. The quantitative estimate of drug-likeness (QED) is 0.680. The molecule has 1 aromatic heterocycles. The average Bonchev–Trinajstić information content (AvgIpc) is 3.50. The lowest BCUT2D eigenvalue weighted by Gasteiger charge is -2.22. The first-order valence-electron chi connectivity index (χ1n) is 9.99. The summed E-state index contributed by atoms with van der Waals surface area (Å²) >= 11 is 0. The van der Waals surface area contributed by atoms with Gasteiger partial charge in [0.25, 0.3) is 0 Å². The van der Waals surface area contributed by atoms with Crippen LogP contribution in [0.15, 0.2) is 48.7 Å². The minimum absolute atomic E-state index is 0.0945. The van der Waals surface area contributed by atoms with E-state index in [1.54, 1.807) is 0 Å². The van der Waals surface area contributed by atoms with E-state index in [2.05, 4.69) is 28.5 Å². The predicted octanol–water partition coefficient (Wildman–Crippen LogP) is 4.14. The van der Waals surface area contributed by atoms with Gasteiger partial charge in [0, 0.05) is 30.1 Å². The van der Waals surface area contributed by atoms with Crippen LogP contribution in [0.2, 0.25) is 0 Å². The summed E-state index contributed by atoms with van der Waals surface area (Å²) in [6.45, 7) is 1.71. The van der Waals surface area contributed by atoms with Gasteiger partial charge in [0.05, 0.1) is 0 Å². The molecule has 2 heterocycles. The molecule has 2 N–H and O–H groups in total. The van der Waals surface area contributed by atoms with Crippen molar-refractivity contribution in [2.75, 3.05) is 13.2 Å². The number of H-pyrrole nitrogens is 1. The summed E-state index contributed by atoms with van der Waals surface area (Å²) in [4.78, 5) is 16.0. The lowest BCUT2D eigenvalue weighted by molar-refractivity contribution is -0.121. The summed E-state index contributed by atoms with van der Waals surface area (Å²) in [5.74, 6) is 2.51. The molecular weight excluding hydrogens is 352 g/mol. The van der Waals surface area contributed by atoms with Gasteiger partial charge in [0.2, 0.25) is 5.91 Å². The van der Waals surface area contributed by atoms with Gasteiger partial charge in [-0.2, -0.15) is 0 Å². The Bertz CT molecular complexity index is 1010. The molecule has 5 rings (SSSR count). The summed E-state index contributed by atoms with van der Waals surface area (Å²) in [5, 5.41) is 4.27. The largest absolute Gasteiger partial charge is 0.486 e. The zero-order valence-corrected chi connectivity index (χ0v) is 15.7. The molecule has 1 aliphatic carbocycles. The van der Waals surface area contributed by atoms with Gasteiger partial charge in [-0.1, -0.05) is 24.3 Å². The number of aromatic amines is 1. The van der Waals surface area contributed by atoms with Gasteiger partial charge in [-0.15, -0.1) is 0 Å². The number of nitrogens with one attached hydrogen (secondary N) is 2. The van der Waals surface area contributed by atoms with E-state index in [0.717, 1.165) is 28.0 Å². The Kier molecular flexibility index (Phi) is 4.43. The van der Waals surface area contributed by atoms with Crippen LogP contribution in [0.4, 0.5) is 0 Å². The Balaban J connectivity index is 1.27. The van der Waals surface area contributed by atoms with Crippen LogP contribution in [0.1, 0.15) is 36.3 Å². The van der Waals surface area contributed by atoms with Gasteiger partial charge in [-0.25, -0.2) is 0 Å². The topological polar surface area (TPSA) is 63.4 Å². The van der Waals surface area contributed by atoms with E-state index < -0.39 is 0 Å². The highest BCUT2D eigenvalue weighted by atomic mass is 16.6. The number of aromatic nitrogens is 1. The first-order valence-corrected chi connectivity index (χ1v) is 9.99. The average molecular weight is 376 g/mol. The maximum Gasteiger partial charge on any atom is 0.220 e. The van der Waals surface area contributed by atoms with E-state index in [9.17, 15) is 4.79 Å². The highest BCUT2D eigenvalue weighted by molar-refractivity contribution is 5.84. The van der Waals surface area contributed by atoms with Crippen molar-refractivity contribution < 1.29 is 14.3 Å². The molecule has 5 heteroatoms. The van der Waals surface area contributed by atoms with E-state index in [1.807, 2.05) is 30.5 Å². The zero-order valence-electron chi connectivity index (χ0n) is 15.7. The minimum atomic E-state index is 0.0945. The normalized spacial score (nSPS) is 16.7. The molecule has 5 nitrogen and oxygen atoms in total. The van der Waals surface area contributed by atoms with Gasteiger partial charge < -0.3 is 19.8 Å². The van der Waals surface area contributed by atoms with Gasteiger partial charge in [-0.05, 0) is 54.0 Å². The summed E-state index contributed by atoms with van der Waals surface area (Å²) in [6, 6.07) is 14.3. The Labute approximate surface area is 164 Å². The van der Waals surface area contributed by atoms with Gasteiger partial charge >= 0.3 is 0 Å². The Morgan fingerprint density at radius 3 is 2.79 bits per heavy atom. The first kappa shape index (κ1) is 17.2. The van der Waals surface area contributed by atoms with Crippen LogP contribution in [0.25, 0.3) is 10.9 Å². The fourth-order valence-electron chi connectivity index (χ4n) is 4.09. The summed E-state index contributed by atoms with van der Waals surface area (Å²) < 4.78 is 11.4. The second-order valence-corrected chi connectivity index (χ2v) is 7.69. The maximum atomic E-state index is 12.7. The second kappa shape index (κ2) is 7.23. The van der Waals surface area contributed by atoms with E-state index in [0.29, 0.717) is 32.1 Å². The van der Waals surface area contributed by atoms with Crippen molar-refractivity contribution in [2.24, 2.45) is 5.92 Å². The summed E-state index contributed by atoms with van der Waals surface area (Å²) in [7, 11) is 0. The fourth-order valence-corrected chi connectivity index (χ4v) is 4.09. The van der Waals surface area contributed by atoms with Crippen molar-refractivity contribution in [3.05, 3.63) is 59.8 Å². The summed E-state index contributed by atoms with van der Waals surface area (Å²) in [5.41, 5.74) is 3.39. The smallest absolute Gasteiger partial charge is 0.220 e. The molecule has 1 aliphatic heterocycles. The van der Waals surface area contributed by atoms with E-state index >= 15 is 0 Å². The van der Waals surface area contributed by atoms with Crippen molar-refractivity contribution in [1.82, 2.24) is 10.3 Å². The molecule has 2 aromatic carbocycles. The molecule has 144 valence electrons. The van der Waals surface area contributed by atoms with Crippen LogP contribution in [0, 0.1) is 5.92 Å². The fraction of sp³-hybridized carbons (Fsp3) is 0.348. The molecule has 3 aromatic rings. The number of carbonyl (C=O) groups excluding carboxylic acids is 1. The number of carbonyl (C=O) groups is 1. The minimum Gasteiger partial charge on any atom is -0.486 e. The van der Waals surface area contributed by atoms with Crippen molar-refractivity contribution in [3.63, 3.8) is 0 Å². The number of benzene rings is 2. The van der Waals surface area contributed by atoms with Crippen LogP contribution in [0.5, 0.6) is 11.5 Å². The SMILES string of the molecule is O=C(CC(c1ccc2c(c1)OCCO2)C1CC1)NCc1c[nH]c2ccccc12. The van der Waals surface area contributed by atoms with Gasteiger partial charge in [0.15, 0.2) is 11.5 Å². The van der Waals surface area contributed by atoms with Crippen molar-refractivity contribution in [1.29, 1.82) is 0 Å². The van der Waals surface area contributed by atoms with Crippen LogP contribution in [-0.4, -0.2) is 24.1 Å². The molecule has 1 atom stereocenters. The highest BCUT2D eigenvalue weighted by Gasteiger charge is 2.34. The van der Waals surface area contributed by atoms with Crippen LogP contribution >= 0.6 is 0 Å². The lowest BCUT2D eigenvalue weighted by atomic mass is 9.90.